The Bertz CT molecular complexity index is 496. The summed E-state index contributed by atoms with van der Waals surface area (Å²) in [5.41, 5.74) is 0.299. The molecule has 0 aliphatic carbocycles. The van der Waals surface area contributed by atoms with E-state index in [1.165, 1.54) is 24.1 Å². The predicted octanol–water partition coefficient (Wildman–Crippen LogP) is 2.94. The summed E-state index contributed by atoms with van der Waals surface area (Å²) in [6.45, 7) is 2.30. The van der Waals surface area contributed by atoms with Crippen LogP contribution in [-0.2, 0) is 4.79 Å². The molecule has 0 fully saturated rings. The van der Waals surface area contributed by atoms with Crippen LogP contribution >= 0.6 is 23.2 Å². The van der Waals surface area contributed by atoms with E-state index < -0.39 is 5.97 Å². The first kappa shape index (κ1) is 16.6. The molecular formula is C13H15Cl2NO4. The fourth-order valence-corrected chi connectivity index (χ4v) is 2.34. The average Bonchev–Trinajstić information content (AvgIpc) is 2.38. The van der Waals surface area contributed by atoms with Crippen molar-refractivity contribution in [3.05, 3.63) is 27.7 Å². The smallest absolute Gasteiger partial charge is 0.305 e. The molecule has 7 heteroatoms. The highest BCUT2D eigenvalue weighted by molar-refractivity contribution is 6.37. The number of carboxylic acid groups (broad SMARTS) is 1. The lowest BCUT2D eigenvalue weighted by atomic mass is 10.2. The lowest BCUT2D eigenvalue weighted by Gasteiger charge is -2.20. The molecule has 0 bridgehead atoms. The van der Waals surface area contributed by atoms with Crippen LogP contribution in [0.2, 0.25) is 10.0 Å². The molecule has 0 aliphatic rings. The zero-order valence-electron chi connectivity index (χ0n) is 11.2. The third-order valence-corrected chi connectivity index (χ3v) is 3.28. The molecule has 110 valence electrons. The highest BCUT2D eigenvalue weighted by atomic mass is 35.5. The minimum absolute atomic E-state index is 0.114. The Morgan fingerprint density at radius 2 is 1.85 bits per heavy atom. The minimum atomic E-state index is -0.956. The minimum Gasteiger partial charge on any atom is -0.494 e. The number of amides is 1. The van der Waals surface area contributed by atoms with Crippen molar-refractivity contribution in [3.8, 4) is 5.75 Å². The van der Waals surface area contributed by atoms with Crippen molar-refractivity contribution >= 4 is 35.1 Å². The van der Waals surface area contributed by atoms with Gasteiger partial charge in [-0.1, -0.05) is 23.2 Å². The number of hydrogen-bond acceptors (Lipinski definition) is 3. The molecule has 0 heterocycles. The lowest BCUT2D eigenvalue weighted by Crippen LogP contribution is -2.32. The van der Waals surface area contributed by atoms with Crippen LogP contribution in [0.3, 0.4) is 0 Å². The Morgan fingerprint density at radius 3 is 2.25 bits per heavy atom. The Labute approximate surface area is 127 Å². The number of hydrogen-bond donors (Lipinski definition) is 1. The highest BCUT2D eigenvalue weighted by Gasteiger charge is 2.18. The van der Waals surface area contributed by atoms with Gasteiger partial charge in [0.15, 0.2) is 5.75 Å². The fourth-order valence-electron chi connectivity index (χ4n) is 1.69. The molecule has 1 aromatic rings. The Morgan fingerprint density at radius 1 is 1.30 bits per heavy atom. The number of nitrogens with zero attached hydrogens (tertiary/aromatic N) is 1. The standard InChI is InChI=1S/C13H15Cl2NO4/c1-3-16(5-4-11(17)18)13(19)8-6-9(14)12(20-2)10(15)7-8/h6-7H,3-5H2,1-2H3,(H,17,18). The van der Waals surface area contributed by atoms with E-state index >= 15 is 0 Å². The molecular weight excluding hydrogens is 305 g/mol. The van der Waals surface area contributed by atoms with Crippen LogP contribution in [0.15, 0.2) is 12.1 Å². The first-order chi connectivity index (χ1) is 9.40. The molecule has 0 saturated carbocycles. The zero-order valence-corrected chi connectivity index (χ0v) is 12.7. The van der Waals surface area contributed by atoms with Gasteiger partial charge in [0.2, 0.25) is 0 Å². The van der Waals surface area contributed by atoms with Gasteiger partial charge in [-0.05, 0) is 19.1 Å². The van der Waals surface area contributed by atoms with E-state index in [0.717, 1.165) is 0 Å². The molecule has 1 rings (SSSR count). The third kappa shape index (κ3) is 4.02. The highest BCUT2D eigenvalue weighted by Crippen LogP contribution is 2.34. The van der Waals surface area contributed by atoms with E-state index in [1.807, 2.05) is 0 Å². The molecule has 5 nitrogen and oxygen atoms in total. The predicted molar refractivity (Wildman–Crippen MR) is 76.8 cm³/mol. The number of rotatable bonds is 6. The summed E-state index contributed by atoms with van der Waals surface area (Å²) in [5.74, 6) is -0.972. The van der Waals surface area contributed by atoms with Crippen LogP contribution < -0.4 is 4.74 Å². The number of aliphatic carboxylic acids is 1. The van der Waals surface area contributed by atoms with Gasteiger partial charge in [0.1, 0.15) is 0 Å². The normalized spacial score (nSPS) is 10.2. The molecule has 1 aromatic carbocycles. The topological polar surface area (TPSA) is 66.8 Å². The maximum atomic E-state index is 12.3. The van der Waals surface area contributed by atoms with Crippen molar-refractivity contribution in [2.24, 2.45) is 0 Å². The number of halogens is 2. The summed E-state index contributed by atoms with van der Waals surface area (Å²) in [5, 5.41) is 9.14. The number of methoxy groups -OCH3 is 1. The molecule has 0 unspecified atom stereocenters. The summed E-state index contributed by atoms with van der Waals surface area (Å²) in [4.78, 5) is 24.3. The van der Waals surface area contributed by atoms with Crippen LogP contribution in [-0.4, -0.2) is 42.1 Å². The first-order valence-electron chi connectivity index (χ1n) is 5.94. The van der Waals surface area contributed by atoms with Gasteiger partial charge in [-0.2, -0.15) is 0 Å². The largest absolute Gasteiger partial charge is 0.494 e. The van der Waals surface area contributed by atoms with Crippen LogP contribution in [0.5, 0.6) is 5.75 Å². The summed E-state index contributed by atoms with van der Waals surface area (Å²) in [6.07, 6.45) is -0.114. The monoisotopic (exact) mass is 319 g/mol. The SMILES string of the molecule is CCN(CCC(=O)O)C(=O)c1cc(Cl)c(OC)c(Cl)c1. The Balaban J connectivity index is 2.98. The Kier molecular flexibility index (Phi) is 6.10. The second kappa shape index (κ2) is 7.36. The van der Waals surface area contributed by atoms with Gasteiger partial charge in [-0.15, -0.1) is 0 Å². The van der Waals surface area contributed by atoms with Gasteiger partial charge >= 0.3 is 5.97 Å². The van der Waals surface area contributed by atoms with E-state index in [9.17, 15) is 9.59 Å². The molecule has 0 radical (unpaired) electrons. The summed E-state index contributed by atoms with van der Waals surface area (Å²) in [7, 11) is 1.43. The number of carbonyl (C=O) groups is 2. The number of benzene rings is 1. The van der Waals surface area contributed by atoms with Gasteiger partial charge in [-0.3, -0.25) is 9.59 Å². The van der Waals surface area contributed by atoms with Crippen molar-refractivity contribution in [3.63, 3.8) is 0 Å². The van der Waals surface area contributed by atoms with Crippen LogP contribution in [0, 0.1) is 0 Å². The van der Waals surface area contributed by atoms with E-state index in [-0.39, 0.29) is 28.9 Å². The molecule has 1 amide bonds. The average molecular weight is 320 g/mol. The van der Waals surface area contributed by atoms with E-state index in [4.69, 9.17) is 33.0 Å². The molecule has 1 N–H and O–H groups in total. The Hall–Kier alpha value is -1.46. The summed E-state index contributed by atoms with van der Waals surface area (Å²) < 4.78 is 5.01. The molecule has 20 heavy (non-hydrogen) atoms. The number of ether oxygens (including phenoxy) is 1. The maximum absolute atomic E-state index is 12.3. The van der Waals surface area contributed by atoms with Crippen LogP contribution in [0.1, 0.15) is 23.7 Å². The molecule has 0 aromatic heterocycles. The first-order valence-corrected chi connectivity index (χ1v) is 6.70. The van der Waals surface area contributed by atoms with Crippen LogP contribution in [0.4, 0.5) is 0 Å². The van der Waals surface area contributed by atoms with Crippen molar-refractivity contribution in [1.82, 2.24) is 4.90 Å². The van der Waals surface area contributed by atoms with E-state index in [0.29, 0.717) is 17.9 Å². The zero-order chi connectivity index (χ0) is 15.3. The summed E-state index contributed by atoms with van der Waals surface area (Å²) in [6, 6.07) is 2.91. The van der Waals surface area contributed by atoms with Gasteiger partial charge in [0.05, 0.1) is 23.6 Å². The molecule has 0 atom stereocenters. The van der Waals surface area contributed by atoms with Crippen LogP contribution in [0.25, 0.3) is 0 Å². The molecule has 0 saturated heterocycles. The quantitative estimate of drug-likeness (QED) is 0.875. The van der Waals surface area contributed by atoms with Gasteiger partial charge in [0.25, 0.3) is 5.91 Å². The molecule has 0 aliphatic heterocycles. The van der Waals surface area contributed by atoms with Crippen molar-refractivity contribution < 1.29 is 19.4 Å². The second-order valence-corrected chi connectivity index (χ2v) is 4.82. The third-order valence-electron chi connectivity index (χ3n) is 2.71. The van der Waals surface area contributed by atoms with Crippen molar-refractivity contribution in [2.45, 2.75) is 13.3 Å². The fraction of sp³-hybridized carbons (Fsp3) is 0.385. The van der Waals surface area contributed by atoms with E-state index in [2.05, 4.69) is 0 Å². The van der Waals surface area contributed by atoms with Gasteiger partial charge in [-0.25, -0.2) is 0 Å². The number of carbonyl (C=O) groups excluding carboxylic acids is 1. The summed E-state index contributed by atoms with van der Waals surface area (Å²) >= 11 is 12.0. The second-order valence-electron chi connectivity index (χ2n) is 4.00. The van der Waals surface area contributed by atoms with Crippen molar-refractivity contribution in [2.75, 3.05) is 20.2 Å². The lowest BCUT2D eigenvalue weighted by molar-refractivity contribution is -0.137. The number of carboxylic acids is 1. The maximum Gasteiger partial charge on any atom is 0.305 e. The molecule has 0 spiro atoms. The van der Waals surface area contributed by atoms with Gasteiger partial charge in [0, 0.05) is 18.7 Å². The van der Waals surface area contributed by atoms with E-state index in [1.54, 1.807) is 6.92 Å². The van der Waals surface area contributed by atoms with Gasteiger partial charge < -0.3 is 14.7 Å². The van der Waals surface area contributed by atoms with Crippen molar-refractivity contribution in [1.29, 1.82) is 0 Å².